The molecule has 0 bridgehead atoms. The Bertz CT molecular complexity index is 448. The standard InChI is InChI=1S/C13H19N3O2/c1-3-8(2)18-7-11-5-9-4-10(12(14)17)6-15-13(9)16-11/h4,6,8,11H,3,5,7H2,1-2H3,(H2,14,17)(H,15,16)/t8?,11-/m0/s1. The highest BCUT2D eigenvalue weighted by atomic mass is 16.5. The Morgan fingerprint density at radius 1 is 1.72 bits per heavy atom. The van der Waals surface area contributed by atoms with Crippen molar-refractivity contribution in [3.63, 3.8) is 0 Å². The molecule has 0 aromatic carbocycles. The summed E-state index contributed by atoms with van der Waals surface area (Å²) in [6, 6.07) is 2.03. The Morgan fingerprint density at radius 3 is 3.17 bits per heavy atom. The van der Waals surface area contributed by atoms with Gasteiger partial charge in [-0.15, -0.1) is 0 Å². The Balaban J connectivity index is 1.97. The second kappa shape index (κ2) is 5.35. The van der Waals surface area contributed by atoms with Crippen molar-refractivity contribution < 1.29 is 9.53 Å². The molecule has 1 aromatic heterocycles. The van der Waals surface area contributed by atoms with E-state index in [1.54, 1.807) is 6.07 Å². The van der Waals surface area contributed by atoms with Gasteiger partial charge in [-0.25, -0.2) is 4.98 Å². The summed E-state index contributed by atoms with van der Waals surface area (Å²) in [5.74, 6) is 0.391. The van der Waals surface area contributed by atoms with Gasteiger partial charge in [0.1, 0.15) is 5.82 Å². The minimum absolute atomic E-state index is 0.227. The van der Waals surface area contributed by atoms with Gasteiger partial charge in [-0.1, -0.05) is 6.92 Å². The molecule has 1 aliphatic heterocycles. The topological polar surface area (TPSA) is 77.2 Å². The lowest BCUT2D eigenvalue weighted by atomic mass is 10.1. The van der Waals surface area contributed by atoms with E-state index in [2.05, 4.69) is 24.1 Å². The first-order chi connectivity index (χ1) is 8.60. The zero-order chi connectivity index (χ0) is 13.1. The smallest absolute Gasteiger partial charge is 0.250 e. The lowest BCUT2D eigenvalue weighted by Gasteiger charge is -2.15. The summed E-state index contributed by atoms with van der Waals surface area (Å²) < 4.78 is 5.70. The Labute approximate surface area is 107 Å². The van der Waals surface area contributed by atoms with Gasteiger partial charge in [0.25, 0.3) is 0 Å². The first kappa shape index (κ1) is 12.8. The van der Waals surface area contributed by atoms with Crippen LogP contribution in [0.4, 0.5) is 5.82 Å². The molecule has 0 aliphatic carbocycles. The zero-order valence-electron chi connectivity index (χ0n) is 10.8. The average molecular weight is 249 g/mol. The zero-order valence-corrected chi connectivity index (χ0v) is 10.8. The third-order valence-electron chi connectivity index (χ3n) is 3.22. The first-order valence-corrected chi connectivity index (χ1v) is 6.27. The number of fused-ring (bicyclic) bond motifs is 1. The molecule has 1 amide bonds. The normalized spacial score (nSPS) is 19.1. The number of carbonyl (C=O) groups excluding carboxylic acids is 1. The molecular weight excluding hydrogens is 230 g/mol. The number of aromatic nitrogens is 1. The molecule has 0 fully saturated rings. The molecule has 18 heavy (non-hydrogen) atoms. The number of amides is 1. The van der Waals surface area contributed by atoms with E-state index in [0.717, 1.165) is 24.2 Å². The second-order valence-corrected chi connectivity index (χ2v) is 4.69. The van der Waals surface area contributed by atoms with Crippen molar-refractivity contribution in [3.05, 3.63) is 23.4 Å². The Hall–Kier alpha value is -1.62. The molecule has 5 nitrogen and oxygen atoms in total. The van der Waals surface area contributed by atoms with E-state index in [9.17, 15) is 4.79 Å². The van der Waals surface area contributed by atoms with Crippen LogP contribution in [0, 0.1) is 0 Å². The lowest BCUT2D eigenvalue weighted by molar-refractivity contribution is 0.0580. The van der Waals surface area contributed by atoms with Crippen LogP contribution in [-0.4, -0.2) is 29.6 Å². The lowest BCUT2D eigenvalue weighted by Crippen LogP contribution is -2.25. The fourth-order valence-corrected chi connectivity index (χ4v) is 1.94. The molecule has 0 saturated heterocycles. The van der Waals surface area contributed by atoms with Crippen molar-refractivity contribution >= 4 is 11.7 Å². The number of primary amides is 1. The van der Waals surface area contributed by atoms with Gasteiger partial charge in [0.2, 0.25) is 5.91 Å². The number of hydrogen-bond acceptors (Lipinski definition) is 4. The fourth-order valence-electron chi connectivity index (χ4n) is 1.94. The molecule has 5 heteroatoms. The maximum absolute atomic E-state index is 11.1. The molecule has 3 N–H and O–H groups in total. The molecule has 2 rings (SSSR count). The summed E-state index contributed by atoms with van der Waals surface area (Å²) in [5, 5.41) is 3.29. The van der Waals surface area contributed by atoms with Crippen LogP contribution in [0.25, 0.3) is 0 Å². The minimum Gasteiger partial charge on any atom is -0.376 e. The number of hydrogen-bond donors (Lipinski definition) is 2. The average Bonchev–Trinajstić information content (AvgIpc) is 2.77. The van der Waals surface area contributed by atoms with Crippen molar-refractivity contribution in [1.29, 1.82) is 0 Å². The number of nitrogens with one attached hydrogen (secondary N) is 1. The largest absolute Gasteiger partial charge is 0.376 e. The highest BCUT2D eigenvalue weighted by Gasteiger charge is 2.23. The van der Waals surface area contributed by atoms with Crippen LogP contribution in [0.5, 0.6) is 0 Å². The van der Waals surface area contributed by atoms with Gasteiger partial charge in [0.05, 0.1) is 24.3 Å². The van der Waals surface area contributed by atoms with Crippen LogP contribution in [-0.2, 0) is 11.2 Å². The van der Waals surface area contributed by atoms with Crippen LogP contribution >= 0.6 is 0 Å². The Morgan fingerprint density at radius 2 is 2.50 bits per heavy atom. The van der Waals surface area contributed by atoms with Gasteiger partial charge < -0.3 is 15.8 Å². The monoisotopic (exact) mass is 249 g/mol. The number of anilines is 1. The van der Waals surface area contributed by atoms with Crippen LogP contribution in [0.1, 0.15) is 36.2 Å². The molecule has 1 unspecified atom stereocenters. The van der Waals surface area contributed by atoms with E-state index >= 15 is 0 Å². The van der Waals surface area contributed by atoms with Gasteiger partial charge in [-0.2, -0.15) is 0 Å². The van der Waals surface area contributed by atoms with Crippen molar-refractivity contribution in [2.75, 3.05) is 11.9 Å². The van der Waals surface area contributed by atoms with Gasteiger partial charge in [-0.05, 0) is 31.4 Å². The molecule has 98 valence electrons. The van der Waals surface area contributed by atoms with Crippen LogP contribution in [0.3, 0.4) is 0 Å². The minimum atomic E-state index is -0.440. The summed E-state index contributed by atoms with van der Waals surface area (Å²) in [5.41, 5.74) is 6.72. The molecule has 0 saturated carbocycles. The maximum atomic E-state index is 11.1. The number of carbonyl (C=O) groups is 1. The molecule has 1 aliphatic rings. The quantitative estimate of drug-likeness (QED) is 0.825. The number of nitrogens with two attached hydrogens (primary N) is 1. The summed E-state index contributed by atoms with van der Waals surface area (Å²) in [6.07, 6.45) is 3.60. The van der Waals surface area contributed by atoms with E-state index in [1.165, 1.54) is 6.20 Å². The number of rotatable bonds is 5. The molecule has 2 heterocycles. The van der Waals surface area contributed by atoms with E-state index in [0.29, 0.717) is 12.2 Å². The second-order valence-electron chi connectivity index (χ2n) is 4.69. The molecule has 2 atom stereocenters. The predicted octanol–water partition coefficient (Wildman–Crippen LogP) is 1.33. The summed E-state index contributed by atoms with van der Waals surface area (Å²) in [4.78, 5) is 15.3. The van der Waals surface area contributed by atoms with E-state index < -0.39 is 5.91 Å². The van der Waals surface area contributed by atoms with Crippen LogP contribution < -0.4 is 11.1 Å². The summed E-state index contributed by atoms with van der Waals surface area (Å²) in [7, 11) is 0. The summed E-state index contributed by atoms with van der Waals surface area (Å²) in [6.45, 7) is 4.81. The van der Waals surface area contributed by atoms with Crippen LogP contribution in [0.15, 0.2) is 12.3 Å². The van der Waals surface area contributed by atoms with Crippen molar-refractivity contribution in [2.24, 2.45) is 5.73 Å². The fraction of sp³-hybridized carbons (Fsp3) is 0.538. The van der Waals surface area contributed by atoms with Crippen LogP contribution in [0.2, 0.25) is 0 Å². The van der Waals surface area contributed by atoms with Gasteiger partial charge >= 0.3 is 0 Å². The van der Waals surface area contributed by atoms with E-state index in [-0.39, 0.29) is 12.1 Å². The molecular formula is C13H19N3O2. The number of pyridine rings is 1. The highest BCUT2D eigenvalue weighted by Crippen LogP contribution is 2.24. The first-order valence-electron chi connectivity index (χ1n) is 6.27. The molecule has 0 radical (unpaired) electrons. The van der Waals surface area contributed by atoms with Gasteiger partial charge in [0.15, 0.2) is 0 Å². The summed E-state index contributed by atoms with van der Waals surface area (Å²) >= 11 is 0. The van der Waals surface area contributed by atoms with Crippen molar-refractivity contribution in [3.8, 4) is 0 Å². The SMILES string of the molecule is CCC(C)OC[C@@H]1Cc2cc(C(N)=O)cnc2N1. The van der Waals surface area contributed by atoms with Crippen molar-refractivity contribution in [2.45, 2.75) is 38.8 Å². The third-order valence-corrected chi connectivity index (χ3v) is 3.22. The number of ether oxygens (including phenoxy) is 1. The van der Waals surface area contributed by atoms with Gasteiger partial charge in [-0.3, -0.25) is 4.79 Å². The van der Waals surface area contributed by atoms with E-state index in [1.807, 2.05) is 0 Å². The highest BCUT2D eigenvalue weighted by molar-refractivity contribution is 5.93. The van der Waals surface area contributed by atoms with Gasteiger partial charge in [0, 0.05) is 6.20 Å². The number of nitrogens with zero attached hydrogens (tertiary/aromatic N) is 1. The Kier molecular flexibility index (Phi) is 3.81. The molecule has 0 spiro atoms. The predicted molar refractivity (Wildman–Crippen MR) is 69.6 cm³/mol. The molecule has 1 aromatic rings. The maximum Gasteiger partial charge on any atom is 0.250 e. The van der Waals surface area contributed by atoms with Crippen molar-refractivity contribution in [1.82, 2.24) is 4.98 Å². The third kappa shape index (κ3) is 2.79. The van der Waals surface area contributed by atoms with E-state index in [4.69, 9.17) is 10.5 Å².